The van der Waals surface area contributed by atoms with Crippen LogP contribution in [-0.2, 0) is 9.59 Å². The maximum absolute atomic E-state index is 11.5. The molecule has 19 heavy (non-hydrogen) atoms. The number of piperidine rings is 1. The van der Waals surface area contributed by atoms with Gasteiger partial charge in [0.1, 0.15) is 12.2 Å². The van der Waals surface area contributed by atoms with E-state index in [0.29, 0.717) is 0 Å². The lowest BCUT2D eigenvalue weighted by molar-refractivity contribution is -0.384. The summed E-state index contributed by atoms with van der Waals surface area (Å²) in [4.78, 5) is 39.8. The number of imide groups is 1. The first-order valence-electron chi connectivity index (χ1n) is 5.34. The summed E-state index contributed by atoms with van der Waals surface area (Å²) in [5, 5.41) is 15.5. The second kappa shape index (κ2) is 4.84. The third-order valence-corrected chi connectivity index (χ3v) is 2.53. The SMILES string of the molecule is Nc1ncc([N+](=O)[O-])c(NC2CCC(=O)NC2=O)n1. The van der Waals surface area contributed by atoms with Crippen molar-refractivity contribution in [2.75, 3.05) is 11.1 Å². The summed E-state index contributed by atoms with van der Waals surface area (Å²) in [7, 11) is 0. The lowest BCUT2D eigenvalue weighted by Gasteiger charge is -2.21. The van der Waals surface area contributed by atoms with Crippen molar-refractivity contribution in [3.05, 3.63) is 16.3 Å². The number of carbonyl (C=O) groups excluding carboxylic acids is 2. The van der Waals surface area contributed by atoms with Crippen LogP contribution in [0.25, 0.3) is 0 Å². The van der Waals surface area contributed by atoms with E-state index in [1.165, 1.54) is 0 Å². The van der Waals surface area contributed by atoms with Gasteiger partial charge < -0.3 is 11.1 Å². The molecule has 1 fully saturated rings. The monoisotopic (exact) mass is 266 g/mol. The highest BCUT2D eigenvalue weighted by Gasteiger charge is 2.29. The predicted molar refractivity (Wildman–Crippen MR) is 62.9 cm³/mol. The zero-order chi connectivity index (χ0) is 14.0. The van der Waals surface area contributed by atoms with E-state index in [4.69, 9.17) is 5.73 Å². The summed E-state index contributed by atoms with van der Waals surface area (Å²) in [6, 6.07) is -0.773. The number of amides is 2. The number of hydrogen-bond donors (Lipinski definition) is 3. The van der Waals surface area contributed by atoms with Crippen molar-refractivity contribution in [1.82, 2.24) is 15.3 Å². The molecule has 1 unspecified atom stereocenters. The van der Waals surface area contributed by atoms with Gasteiger partial charge in [0.15, 0.2) is 0 Å². The largest absolute Gasteiger partial charge is 0.368 e. The number of nitrogens with two attached hydrogens (primary N) is 1. The standard InChI is InChI=1S/C9H10N6O4/c10-9-11-3-5(15(18)19)7(14-9)12-4-1-2-6(16)13-8(4)17/h3-4H,1-2H2,(H,13,16,17)(H3,10,11,12,14). The van der Waals surface area contributed by atoms with Gasteiger partial charge in [0.2, 0.25) is 23.6 Å². The minimum absolute atomic E-state index is 0.146. The van der Waals surface area contributed by atoms with Gasteiger partial charge in [-0.05, 0) is 6.42 Å². The van der Waals surface area contributed by atoms with Gasteiger partial charge in [-0.2, -0.15) is 4.98 Å². The van der Waals surface area contributed by atoms with E-state index in [0.717, 1.165) is 6.20 Å². The van der Waals surface area contributed by atoms with Crippen LogP contribution in [0.3, 0.4) is 0 Å². The van der Waals surface area contributed by atoms with E-state index < -0.39 is 16.9 Å². The third-order valence-electron chi connectivity index (χ3n) is 2.53. The van der Waals surface area contributed by atoms with Crippen LogP contribution in [-0.4, -0.2) is 32.7 Å². The van der Waals surface area contributed by atoms with Crippen molar-refractivity contribution in [2.24, 2.45) is 0 Å². The van der Waals surface area contributed by atoms with Gasteiger partial charge >= 0.3 is 5.69 Å². The Morgan fingerprint density at radius 3 is 2.89 bits per heavy atom. The molecule has 10 nitrogen and oxygen atoms in total. The minimum atomic E-state index is -0.773. The number of anilines is 2. The normalized spacial score (nSPS) is 18.8. The smallest absolute Gasteiger partial charge is 0.329 e. The van der Waals surface area contributed by atoms with Crippen molar-refractivity contribution in [3.63, 3.8) is 0 Å². The summed E-state index contributed by atoms with van der Waals surface area (Å²) in [5.74, 6) is -1.23. The average Bonchev–Trinajstić information content (AvgIpc) is 2.32. The Balaban J connectivity index is 2.23. The second-order valence-electron chi connectivity index (χ2n) is 3.87. The molecule has 4 N–H and O–H groups in total. The van der Waals surface area contributed by atoms with Crippen molar-refractivity contribution in [1.29, 1.82) is 0 Å². The van der Waals surface area contributed by atoms with Crippen LogP contribution in [0, 0.1) is 10.1 Å². The molecule has 0 aliphatic carbocycles. The highest BCUT2D eigenvalue weighted by Crippen LogP contribution is 2.23. The van der Waals surface area contributed by atoms with E-state index in [-0.39, 0.29) is 36.2 Å². The summed E-state index contributed by atoms with van der Waals surface area (Å²) < 4.78 is 0. The number of hydrogen-bond acceptors (Lipinski definition) is 8. The van der Waals surface area contributed by atoms with Crippen LogP contribution in [0.15, 0.2) is 6.20 Å². The van der Waals surface area contributed by atoms with Crippen LogP contribution in [0.5, 0.6) is 0 Å². The number of aromatic nitrogens is 2. The molecule has 1 atom stereocenters. The molecular formula is C9H10N6O4. The molecule has 0 spiro atoms. The average molecular weight is 266 g/mol. The molecule has 0 aromatic carbocycles. The van der Waals surface area contributed by atoms with Gasteiger partial charge in [-0.15, -0.1) is 0 Å². The molecule has 1 aliphatic rings. The minimum Gasteiger partial charge on any atom is -0.368 e. The first kappa shape index (κ1) is 12.7. The number of nitro groups is 1. The summed E-state index contributed by atoms with van der Waals surface area (Å²) in [6.45, 7) is 0. The van der Waals surface area contributed by atoms with E-state index in [9.17, 15) is 19.7 Å². The Morgan fingerprint density at radius 1 is 1.53 bits per heavy atom. The van der Waals surface area contributed by atoms with Crippen LogP contribution in [0.4, 0.5) is 17.5 Å². The van der Waals surface area contributed by atoms with Gasteiger partial charge in [0, 0.05) is 6.42 Å². The van der Waals surface area contributed by atoms with Gasteiger partial charge in [0.25, 0.3) is 0 Å². The van der Waals surface area contributed by atoms with Crippen LogP contribution in [0.2, 0.25) is 0 Å². The lowest BCUT2D eigenvalue weighted by atomic mass is 10.1. The Bertz CT molecular complexity index is 560. The number of rotatable bonds is 3. The summed E-state index contributed by atoms with van der Waals surface area (Å²) >= 11 is 0. The molecule has 1 aromatic heterocycles. The molecule has 1 aromatic rings. The summed E-state index contributed by atoms with van der Waals surface area (Å²) in [6.07, 6.45) is 1.33. The molecule has 0 radical (unpaired) electrons. The molecular weight excluding hydrogens is 256 g/mol. The fourth-order valence-electron chi connectivity index (χ4n) is 1.63. The van der Waals surface area contributed by atoms with E-state index in [2.05, 4.69) is 20.6 Å². The first-order chi connectivity index (χ1) is 8.97. The van der Waals surface area contributed by atoms with E-state index >= 15 is 0 Å². The highest BCUT2D eigenvalue weighted by atomic mass is 16.6. The van der Waals surface area contributed by atoms with Crippen molar-refractivity contribution in [3.8, 4) is 0 Å². The Morgan fingerprint density at radius 2 is 2.26 bits per heavy atom. The molecule has 1 aliphatic heterocycles. The van der Waals surface area contributed by atoms with Crippen LogP contribution >= 0.6 is 0 Å². The van der Waals surface area contributed by atoms with Crippen LogP contribution in [0.1, 0.15) is 12.8 Å². The molecule has 100 valence electrons. The first-order valence-corrected chi connectivity index (χ1v) is 5.34. The zero-order valence-electron chi connectivity index (χ0n) is 9.62. The lowest BCUT2D eigenvalue weighted by Crippen LogP contribution is -2.47. The van der Waals surface area contributed by atoms with Crippen molar-refractivity contribution < 1.29 is 14.5 Å². The van der Waals surface area contributed by atoms with Crippen LogP contribution < -0.4 is 16.4 Å². The van der Waals surface area contributed by atoms with Gasteiger partial charge in [-0.25, -0.2) is 4.98 Å². The quantitative estimate of drug-likeness (QED) is 0.364. The Labute approximate surface area is 106 Å². The number of nitrogen functional groups attached to an aromatic ring is 1. The highest BCUT2D eigenvalue weighted by molar-refractivity contribution is 6.01. The Hall–Kier alpha value is -2.78. The maximum atomic E-state index is 11.5. The van der Waals surface area contributed by atoms with E-state index in [1.54, 1.807) is 0 Å². The molecule has 2 amide bonds. The summed E-state index contributed by atoms with van der Waals surface area (Å²) in [5.41, 5.74) is 4.96. The van der Waals surface area contributed by atoms with Gasteiger partial charge in [-0.3, -0.25) is 25.0 Å². The zero-order valence-corrected chi connectivity index (χ0v) is 9.62. The molecule has 2 heterocycles. The number of nitrogens with zero attached hydrogens (tertiary/aromatic N) is 3. The fraction of sp³-hybridized carbons (Fsp3) is 0.333. The van der Waals surface area contributed by atoms with Gasteiger partial charge in [0.05, 0.1) is 4.92 Å². The molecule has 2 rings (SSSR count). The molecule has 10 heteroatoms. The third kappa shape index (κ3) is 2.73. The number of nitrogens with one attached hydrogen (secondary N) is 2. The second-order valence-corrected chi connectivity index (χ2v) is 3.87. The number of carbonyl (C=O) groups is 2. The maximum Gasteiger partial charge on any atom is 0.329 e. The molecule has 1 saturated heterocycles. The van der Waals surface area contributed by atoms with Crippen molar-refractivity contribution >= 4 is 29.3 Å². The van der Waals surface area contributed by atoms with Crippen molar-refractivity contribution in [2.45, 2.75) is 18.9 Å². The van der Waals surface area contributed by atoms with Gasteiger partial charge in [-0.1, -0.05) is 0 Å². The Kier molecular flexibility index (Phi) is 3.23. The molecule has 0 saturated carbocycles. The molecule has 0 bridgehead atoms. The van der Waals surface area contributed by atoms with E-state index in [1.807, 2.05) is 0 Å². The topological polar surface area (TPSA) is 153 Å². The predicted octanol–water partition coefficient (Wildman–Crippen LogP) is -0.816. The fourth-order valence-corrected chi connectivity index (χ4v) is 1.63.